The van der Waals surface area contributed by atoms with Crippen molar-refractivity contribution < 1.29 is 0 Å². The molecule has 4 nitrogen and oxygen atoms in total. The smallest absolute Gasteiger partial charge is 0.149 e. The van der Waals surface area contributed by atoms with Gasteiger partial charge in [-0.2, -0.15) is 0 Å². The van der Waals surface area contributed by atoms with E-state index in [0.717, 1.165) is 18.3 Å². The lowest BCUT2D eigenvalue weighted by Crippen LogP contribution is -2.33. The average Bonchev–Trinajstić information content (AvgIpc) is 3.02. The van der Waals surface area contributed by atoms with Gasteiger partial charge in [-0.3, -0.25) is 0 Å². The fourth-order valence-corrected chi connectivity index (χ4v) is 1.78. The highest BCUT2D eigenvalue weighted by molar-refractivity contribution is 5.62. The molecule has 0 aliphatic heterocycles. The normalized spacial score (nSPS) is 15.4. The summed E-state index contributed by atoms with van der Waals surface area (Å²) in [5.74, 6) is 2.20. The van der Waals surface area contributed by atoms with E-state index in [1.54, 1.807) is 0 Å². The number of hydrogen-bond donors (Lipinski definition) is 2. The van der Waals surface area contributed by atoms with Crippen LogP contribution in [0.15, 0.2) is 12.1 Å². The molecule has 4 N–H and O–H groups in total. The van der Waals surface area contributed by atoms with Crippen molar-refractivity contribution in [1.29, 1.82) is 0 Å². The molecule has 2 rings (SSSR count). The molecule has 16 heavy (non-hydrogen) atoms. The molecular weight excluding hydrogens is 200 g/mol. The first-order valence-electron chi connectivity index (χ1n) is 5.86. The maximum Gasteiger partial charge on any atom is 0.149 e. The van der Waals surface area contributed by atoms with E-state index in [1.165, 1.54) is 12.8 Å². The Morgan fingerprint density at radius 3 is 2.56 bits per heavy atom. The first kappa shape index (κ1) is 11.0. The van der Waals surface area contributed by atoms with E-state index in [0.29, 0.717) is 17.5 Å². The molecule has 1 fully saturated rings. The lowest BCUT2D eigenvalue weighted by atomic mass is 10.2. The van der Waals surface area contributed by atoms with Crippen LogP contribution in [-0.4, -0.2) is 17.6 Å². The second-order valence-corrected chi connectivity index (χ2v) is 4.83. The molecule has 1 aromatic rings. The van der Waals surface area contributed by atoms with Crippen LogP contribution in [0.2, 0.25) is 0 Å². The highest BCUT2D eigenvalue weighted by atomic mass is 15.2. The summed E-state index contributed by atoms with van der Waals surface area (Å²) in [5.41, 5.74) is 12.0. The molecule has 0 aromatic carbocycles. The molecule has 0 bridgehead atoms. The van der Waals surface area contributed by atoms with Crippen molar-refractivity contribution >= 4 is 17.3 Å². The van der Waals surface area contributed by atoms with Crippen LogP contribution in [0.5, 0.6) is 0 Å². The number of nitrogens with zero attached hydrogens (tertiary/aromatic N) is 2. The minimum Gasteiger partial charge on any atom is -0.396 e. The maximum atomic E-state index is 5.74. The summed E-state index contributed by atoms with van der Waals surface area (Å²) in [6, 6.07) is 4.23. The average molecular weight is 220 g/mol. The van der Waals surface area contributed by atoms with E-state index in [-0.39, 0.29) is 0 Å². The van der Waals surface area contributed by atoms with Crippen LogP contribution in [0.3, 0.4) is 0 Å². The fraction of sp³-hybridized carbons (Fsp3) is 0.583. The molecule has 4 heteroatoms. The molecule has 88 valence electrons. The summed E-state index contributed by atoms with van der Waals surface area (Å²) in [6.45, 7) is 5.43. The van der Waals surface area contributed by atoms with Gasteiger partial charge in [-0.1, -0.05) is 0 Å². The molecule has 0 amide bonds. The Morgan fingerprint density at radius 2 is 2.06 bits per heavy atom. The Hall–Kier alpha value is -1.45. The van der Waals surface area contributed by atoms with Gasteiger partial charge in [-0.05, 0) is 44.7 Å². The van der Waals surface area contributed by atoms with Crippen LogP contribution >= 0.6 is 0 Å². The lowest BCUT2D eigenvalue weighted by molar-refractivity contribution is 0.637. The molecule has 0 saturated heterocycles. The standard InChI is InChI=1S/C12H20N4/c1-8(2)16(7-9-3-4-9)11-6-5-10(13)12(14)15-11/h5-6,8-9H,3-4,7,13H2,1-2H3,(H2,14,15). The topological polar surface area (TPSA) is 68.2 Å². The van der Waals surface area contributed by atoms with Gasteiger partial charge in [0.05, 0.1) is 5.69 Å². The van der Waals surface area contributed by atoms with Crippen LogP contribution in [0.1, 0.15) is 26.7 Å². The second-order valence-electron chi connectivity index (χ2n) is 4.83. The molecule has 1 heterocycles. The zero-order valence-corrected chi connectivity index (χ0v) is 9.98. The number of nitrogens with two attached hydrogens (primary N) is 2. The van der Waals surface area contributed by atoms with Crippen molar-refractivity contribution in [2.75, 3.05) is 22.9 Å². The third kappa shape index (κ3) is 2.38. The van der Waals surface area contributed by atoms with Gasteiger partial charge in [0.15, 0.2) is 0 Å². The minimum atomic E-state index is 0.430. The Morgan fingerprint density at radius 1 is 1.38 bits per heavy atom. The highest BCUT2D eigenvalue weighted by Crippen LogP contribution is 2.32. The van der Waals surface area contributed by atoms with Crippen molar-refractivity contribution in [2.24, 2.45) is 5.92 Å². The van der Waals surface area contributed by atoms with E-state index < -0.39 is 0 Å². The second kappa shape index (κ2) is 4.20. The van der Waals surface area contributed by atoms with Crippen LogP contribution < -0.4 is 16.4 Å². The number of rotatable bonds is 4. The van der Waals surface area contributed by atoms with E-state index in [9.17, 15) is 0 Å². The number of aromatic nitrogens is 1. The zero-order valence-electron chi connectivity index (χ0n) is 9.98. The first-order chi connectivity index (χ1) is 7.58. The Balaban J connectivity index is 2.19. The third-order valence-corrected chi connectivity index (χ3v) is 3.01. The van der Waals surface area contributed by atoms with Crippen LogP contribution in [-0.2, 0) is 0 Å². The molecule has 1 saturated carbocycles. The van der Waals surface area contributed by atoms with Crippen LogP contribution in [0.25, 0.3) is 0 Å². The Labute approximate surface area is 96.6 Å². The van der Waals surface area contributed by atoms with Gasteiger partial charge in [0, 0.05) is 12.6 Å². The van der Waals surface area contributed by atoms with Crippen molar-refractivity contribution in [3.63, 3.8) is 0 Å². The molecule has 0 spiro atoms. The molecule has 1 aliphatic rings. The summed E-state index contributed by atoms with van der Waals surface area (Å²) < 4.78 is 0. The quantitative estimate of drug-likeness (QED) is 0.812. The lowest BCUT2D eigenvalue weighted by Gasteiger charge is -2.28. The summed E-state index contributed by atoms with van der Waals surface area (Å²) in [7, 11) is 0. The summed E-state index contributed by atoms with van der Waals surface area (Å²) in [6.07, 6.45) is 2.68. The van der Waals surface area contributed by atoms with E-state index in [1.807, 2.05) is 12.1 Å². The van der Waals surface area contributed by atoms with Gasteiger partial charge >= 0.3 is 0 Å². The summed E-state index contributed by atoms with van der Waals surface area (Å²) >= 11 is 0. The largest absolute Gasteiger partial charge is 0.396 e. The van der Waals surface area contributed by atoms with Gasteiger partial charge < -0.3 is 16.4 Å². The predicted octanol–water partition coefficient (Wildman–Crippen LogP) is 1.87. The Bertz CT molecular complexity index is 371. The molecule has 0 atom stereocenters. The number of nitrogen functional groups attached to an aromatic ring is 2. The number of pyridine rings is 1. The zero-order chi connectivity index (χ0) is 11.7. The summed E-state index contributed by atoms with van der Waals surface area (Å²) in [4.78, 5) is 6.65. The van der Waals surface area contributed by atoms with E-state index >= 15 is 0 Å². The maximum absolute atomic E-state index is 5.74. The SMILES string of the molecule is CC(C)N(CC1CC1)c1ccc(N)c(N)n1. The van der Waals surface area contributed by atoms with Crippen LogP contribution in [0, 0.1) is 5.92 Å². The monoisotopic (exact) mass is 220 g/mol. The van der Waals surface area contributed by atoms with Crippen molar-refractivity contribution in [1.82, 2.24) is 4.98 Å². The van der Waals surface area contributed by atoms with Crippen molar-refractivity contribution in [3.05, 3.63) is 12.1 Å². The highest BCUT2D eigenvalue weighted by Gasteiger charge is 2.26. The number of hydrogen-bond acceptors (Lipinski definition) is 4. The van der Waals surface area contributed by atoms with E-state index in [2.05, 4.69) is 23.7 Å². The molecule has 1 aliphatic carbocycles. The Kier molecular flexibility index (Phi) is 2.90. The van der Waals surface area contributed by atoms with Crippen LogP contribution in [0.4, 0.5) is 17.3 Å². The van der Waals surface area contributed by atoms with Crippen molar-refractivity contribution in [2.45, 2.75) is 32.7 Å². The van der Waals surface area contributed by atoms with Gasteiger partial charge in [-0.15, -0.1) is 0 Å². The first-order valence-corrected chi connectivity index (χ1v) is 5.86. The molecule has 1 aromatic heterocycles. The third-order valence-electron chi connectivity index (χ3n) is 3.01. The molecule has 0 unspecified atom stereocenters. The van der Waals surface area contributed by atoms with E-state index in [4.69, 9.17) is 11.5 Å². The minimum absolute atomic E-state index is 0.430. The van der Waals surface area contributed by atoms with Crippen molar-refractivity contribution in [3.8, 4) is 0 Å². The number of anilines is 3. The van der Waals surface area contributed by atoms with Gasteiger partial charge in [0.2, 0.25) is 0 Å². The molecular formula is C12H20N4. The van der Waals surface area contributed by atoms with Gasteiger partial charge in [0.1, 0.15) is 11.6 Å². The fourth-order valence-electron chi connectivity index (χ4n) is 1.78. The summed E-state index contributed by atoms with van der Waals surface area (Å²) in [5, 5.41) is 0. The predicted molar refractivity (Wildman–Crippen MR) is 68.3 cm³/mol. The van der Waals surface area contributed by atoms with Gasteiger partial charge in [-0.25, -0.2) is 4.98 Å². The van der Waals surface area contributed by atoms with Gasteiger partial charge in [0.25, 0.3) is 0 Å². The molecule has 0 radical (unpaired) electrons.